The summed E-state index contributed by atoms with van der Waals surface area (Å²) in [6.07, 6.45) is 4.69. The van der Waals surface area contributed by atoms with Crippen molar-refractivity contribution in [2.45, 2.75) is 51.4 Å². The van der Waals surface area contributed by atoms with Crippen molar-refractivity contribution in [1.29, 1.82) is 0 Å². The van der Waals surface area contributed by atoms with E-state index in [0.717, 1.165) is 5.16 Å². The maximum atomic E-state index is 2.48. The Morgan fingerprint density at radius 3 is 1.25 bits per heavy atom. The molecule has 0 radical (unpaired) electrons. The molecule has 0 aliphatic heterocycles. The molecule has 0 heterocycles. The maximum Gasteiger partial charge on any atom is 0.0485 e. The van der Waals surface area contributed by atoms with Crippen LogP contribution >= 0.6 is 0 Å². The van der Waals surface area contributed by atoms with E-state index < -0.39 is 16.1 Å². The molecule has 0 fully saturated rings. The molecule has 72 valence electrons. The van der Waals surface area contributed by atoms with E-state index in [2.05, 4.69) is 58.4 Å². The highest BCUT2D eigenvalue weighted by molar-refractivity contribution is 6.96. The summed E-state index contributed by atoms with van der Waals surface area (Å²) in [6, 6.07) is 0. The molecule has 0 amide bonds. The molecule has 0 N–H and O–H groups in total. The van der Waals surface area contributed by atoms with Gasteiger partial charge in [0.05, 0.1) is 0 Å². The van der Waals surface area contributed by atoms with Gasteiger partial charge < -0.3 is 0 Å². The standard InChI is InChI=1S/C10H24Si2/c1-8-9-10(11(2,3)4)12(5,6)7/h8-10H,1-7H3. The Morgan fingerprint density at radius 2 is 1.17 bits per heavy atom. The maximum absolute atomic E-state index is 2.48. The van der Waals surface area contributed by atoms with Crippen molar-refractivity contribution in [3.05, 3.63) is 12.2 Å². The first-order chi connectivity index (χ1) is 5.19. The van der Waals surface area contributed by atoms with Crippen LogP contribution in [-0.2, 0) is 0 Å². The Hall–Kier alpha value is 0.174. The monoisotopic (exact) mass is 200 g/mol. The summed E-state index contributed by atoms with van der Waals surface area (Å²) in [5.41, 5.74) is 0. The quantitative estimate of drug-likeness (QED) is 0.474. The van der Waals surface area contributed by atoms with Gasteiger partial charge in [0.2, 0.25) is 0 Å². The molecule has 0 saturated heterocycles. The van der Waals surface area contributed by atoms with Gasteiger partial charge in [-0.3, -0.25) is 0 Å². The zero-order valence-electron chi connectivity index (χ0n) is 9.73. The SMILES string of the molecule is CC=CC([Si](C)(C)C)[Si](C)(C)C. The average molecular weight is 200 g/mol. The van der Waals surface area contributed by atoms with Gasteiger partial charge in [0.1, 0.15) is 0 Å². The molecule has 0 aromatic carbocycles. The van der Waals surface area contributed by atoms with E-state index in [-0.39, 0.29) is 0 Å². The van der Waals surface area contributed by atoms with Crippen LogP contribution in [0.2, 0.25) is 44.4 Å². The molecular weight excluding hydrogens is 176 g/mol. The third kappa shape index (κ3) is 3.72. The van der Waals surface area contributed by atoms with Crippen molar-refractivity contribution in [2.24, 2.45) is 0 Å². The zero-order chi connectivity index (χ0) is 9.99. The van der Waals surface area contributed by atoms with Crippen LogP contribution in [0.4, 0.5) is 0 Å². The van der Waals surface area contributed by atoms with Crippen LogP contribution in [0.5, 0.6) is 0 Å². The molecule has 0 aromatic heterocycles. The highest BCUT2D eigenvalue weighted by Crippen LogP contribution is 2.33. The lowest BCUT2D eigenvalue weighted by atomic mass is 10.6. The number of rotatable bonds is 3. The van der Waals surface area contributed by atoms with E-state index >= 15 is 0 Å². The van der Waals surface area contributed by atoms with Gasteiger partial charge in [-0.2, -0.15) is 0 Å². The van der Waals surface area contributed by atoms with Crippen molar-refractivity contribution in [3.8, 4) is 0 Å². The molecule has 0 nitrogen and oxygen atoms in total. The largest absolute Gasteiger partial charge is 0.0920 e. The Kier molecular flexibility index (Phi) is 3.98. The zero-order valence-corrected chi connectivity index (χ0v) is 11.7. The van der Waals surface area contributed by atoms with Crippen LogP contribution in [-0.4, -0.2) is 16.1 Å². The first kappa shape index (κ1) is 12.2. The van der Waals surface area contributed by atoms with Gasteiger partial charge in [0.15, 0.2) is 0 Å². The van der Waals surface area contributed by atoms with E-state index in [4.69, 9.17) is 0 Å². The fraction of sp³-hybridized carbons (Fsp3) is 0.800. The van der Waals surface area contributed by atoms with Gasteiger partial charge in [-0.25, -0.2) is 0 Å². The second kappa shape index (κ2) is 3.92. The lowest BCUT2D eigenvalue weighted by Crippen LogP contribution is -2.42. The van der Waals surface area contributed by atoms with Crippen LogP contribution in [0.15, 0.2) is 12.2 Å². The fourth-order valence-corrected chi connectivity index (χ4v) is 14.0. The number of hydrogen-bond acceptors (Lipinski definition) is 0. The van der Waals surface area contributed by atoms with E-state index in [1.54, 1.807) is 0 Å². The van der Waals surface area contributed by atoms with E-state index in [1.807, 2.05) is 0 Å². The lowest BCUT2D eigenvalue weighted by Gasteiger charge is -2.36. The summed E-state index contributed by atoms with van der Waals surface area (Å²) >= 11 is 0. The van der Waals surface area contributed by atoms with Crippen LogP contribution in [0, 0.1) is 0 Å². The molecule has 0 atom stereocenters. The molecule has 0 aliphatic carbocycles. The average Bonchev–Trinajstić information content (AvgIpc) is 1.77. The summed E-state index contributed by atoms with van der Waals surface area (Å²) in [5, 5.41) is 0.926. The molecule has 0 aliphatic rings. The van der Waals surface area contributed by atoms with Gasteiger partial charge in [-0.05, 0) is 12.1 Å². The van der Waals surface area contributed by atoms with Gasteiger partial charge in [0.25, 0.3) is 0 Å². The lowest BCUT2D eigenvalue weighted by molar-refractivity contribution is 1.29. The topological polar surface area (TPSA) is 0 Å². The van der Waals surface area contributed by atoms with E-state index in [1.165, 1.54) is 0 Å². The van der Waals surface area contributed by atoms with Crippen LogP contribution in [0.3, 0.4) is 0 Å². The highest BCUT2D eigenvalue weighted by atomic mass is 28.4. The van der Waals surface area contributed by atoms with Crippen molar-refractivity contribution in [2.75, 3.05) is 0 Å². The molecule has 2 heteroatoms. The third-order valence-corrected chi connectivity index (χ3v) is 11.6. The summed E-state index contributed by atoms with van der Waals surface area (Å²) in [6.45, 7) is 17.0. The van der Waals surface area contributed by atoms with Gasteiger partial charge in [0, 0.05) is 16.1 Å². The molecule has 0 saturated carbocycles. The van der Waals surface area contributed by atoms with E-state index in [0.29, 0.717) is 0 Å². The second-order valence-electron chi connectivity index (χ2n) is 5.74. The fourth-order valence-electron chi connectivity index (χ4n) is 2.07. The van der Waals surface area contributed by atoms with Crippen LogP contribution < -0.4 is 0 Å². The summed E-state index contributed by atoms with van der Waals surface area (Å²) in [7, 11) is -1.94. The van der Waals surface area contributed by atoms with Crippen LogP contribution in [0.25, 0.3) is 0 Å². The minimum absolute atomic E-state index is 0.926. The molecule has 0 bridgehead atoms. The molecule has 0 aromatic rings. The first-order valence-corrected chi connectivity index (χ1v) is 12.0. The summed E-state index contributed by atoms with van der Waals surface area (Å²) in [5.74, 6) is 0. The minimum atomic E-state index is -0.968. The molecule has 0 unspecified atom stereocenters. The molecule has 0 rings (SSSR count). The highest BCUT2D eigenvalue weighted by Gasteiger charge is 2.34. The minimum Gasteiger partial charge on any atom is -0.0920 e. The molecule has 12 heavy (non-hydrogen) atoms. The second-order valence-corrected chi connectivity index (χ2v) is 17.0. The van der Waals surface area contributed by atoms with Gasteiger partial charge >= 0.3 is 0 Å². The van der Waals surface area contributed by atoms with E-state index in [9.17, 15) is 0 Å². The van der Waals surface area contributed by atoms with Crippen molar-refractivity contribution >= 4 is 16.1 Å². The summed E-state index contributed by atoms with van der Waals surface area (Å²) < 4.78 is 0. The molecule has 0 spiro atoms. The Labute approximate surface area is 80.1 Å². The number of allylic oxidation sites excluding steroid dienone is 2. The van der Waals surface area contributed by atoms with Crippen molar-refractivity contribution in [3.63, 3.8) is 0 Å². The predicted molar refractivity (Wildman–Crippen MR) is 65.3 cm³/mol. The van der Waals surface area contributed by atoms with Crippen molar-refractivity contribution in [1.82, 2.24) is 0 Å². The van der Waals surface area contributed by atoms with Crippen LogP contribution in [0.1, 0.15) is 6.92 Å². The first-order valence-electron chi connectivity index (χ1n) is 4.82. The summed E-state index contributed by atoms with van der Waals surface area (Å²) in [4.78, 5) is 0. The normalized spacial score (nSPS) is 14.7. The predicted octanol–water partition coefficient (Wildman–Crippen LogP) is 4.15. The van der Waals surface area contributed by atoms with Gasteiger partial charge in [-0.1, -0.05) is 51.4 Å². The Bertz CT molecular complexity index is 144. The Balaban J connectivity index is 4.69. The third-order valence-electron chi connectivity index (χ3n) is 2.25. The smallest absolute Gasteiger partial charge is 0.0485 e. The number of hydrogen-bond donors (Lipinski definition) is 0. The van der Waals surface area contributed by atoms with Gasteiger partial charge in [-0.15, -0.1) is 0 Å². The van der Waals surface area contributed by atoms with Crippen molar-refractivity contribution < 1.29 is 0 Å². The Morgan fingerprint density at radius 1 is 0.833 bits per heavy atom. The molecular formula is C10H24Si2.